The summed E-state index contributed by atoms with van der Waals surface area (Å²) in [6.45, 7) is 3.78. The average molecular weight is 247 g/mol. The Hall–Kier alpha value is -1.04. The first kappa shape index (κ1) is 11.4. The van der Waals surface area contributed by atoms with E-state index in [0.717, 1.165) is 11.3 Å². The van der Waals surface area contributed by atoms with Gasteiger partial charge in [-0.25, -0.2) is 13.8 Å². The molecule has 1 aliphatic carbocycles. The van der Waals surface area contributed by atoms with Gasteiger partial charge < -0.3 is 5.11 Å². The van der Waals surface area contributed by atoms with Crippen LogP contribution in [0, 0.1) is 0 Å². The van der Waals surface area contributed by atoms with Crippen molar-refractivity contribution in [3.05, 3.63) is 16.1 Å². The first-order chi connectivity index (χ1) is 7.31. The topological polar surface area (TPSA) is 50.2 Å². The molecule has 0 bridgehead atoms. The molecular formula is C10H11F2NO2S. The zero-order valence-corrected chi connectivity index (χ0v) is 9.65. The molecule has 0 amide bonds. The summed E-state index contributed by atoms with van der Waals surface area (Å²) in [5, 5.41) is 9.63. The lowest BCUT2D eigenvalue weighted by molar-refractivity contribution is -0.142. The Morgan fingerprint density at radius 3 is 2.50 bits per heavy atom. The number of nitrogens with zero attached hydrogens (tertiary/aromatic N) is 1. The lowest BCUT2D eigenvalue weighted by Crippen LogP contribution is -2.25. The summed E-state index contributed by atoms with van der Waals surface area (Å²) in [5.74, 6) is -4.48. The molecule has 1 aromatic heterocycles. The van der Waals surface area contributed by atoms with Crippen LogP contribution in [0.5, 0.6) is 0 Å². The summed E-state index contributed by atoms with van der Waals surface area (Å²) in [6, 6.07) is 0. The van der Waals surface area contributed by atoms with Crippen molar-refractivity contribution in [2.24, 2.45) is 0 Å². The molecule has 1 atom stereocenters. The zero-order valence-electron chi connectivity index (χ0n) is 8.83. The fraction of sp³-hybridized carbons (Fsp3) is 0.600. The third-order valence-electron chi connectivity index (χ3n) is 2.79. The second kappa shape index (κ2) is 3.23. The number of thiazole rings is 1. The predicted octanol–water partition coefficient (Wildman–Crippen LogP) is 2.63. The van der Waals surface area contributed by atoms with Gasteiger partial charge in [-0.3, -0.25) is 4.79 Å². The largest absolute Gasteiger partial charge is 0.480 e. The molecule has 1 saturated carbocycles. The van der Waals surface area contributed by atoms with Gasteiger partial charge in [-0.05, 0) is 0 Å². The van der Waals surface area contributed by atoms with Gasteiger partial charge in [-0.1, -0.05) is 13.8 Å². The lowest BCUT2D eigenvalue weighted by Gasteiger charge is -2.07. The van der Waals surface area contributed by atoms with Crippen LogP contribution in [0.3, 0.4) is 0 Å². The number of halogens is 2. The molecule has 0 radical (unpaired) electrons. The molecule has 2 rings (SSSR count). The van der Waals surface area contributed by atoms with Crippen LogP contribution < -0.4 is 0 Å². The van der Waals surface area contributed by atoms with Crippen molar-refractivity contribution in [3.63, 3.8) is 0 Å². The number of aliphatic carboxylic acids is 1. The highest BCUT2D eigenvalue weighted by Gasteiger charge is 2.78. The molecule has 3 nitrogen and oxygen atoms in total. The van der Waals surface area contributed by atoms with Crippen molar-refractivity contribution in [2.75, 3.05) is 0 Å². The van der Waals surface area contributed by atoms with Crippen LogP contribution >= 0.6 is 11.3 Å². The quantitative estimate of drug-likeness (QED) is 0.893. The summed E-state index contributed by atoms with van der Waals surface area (Å²) >= 11 is 1.07. The summed E-state index contributed by atoms with van der Waals surface area (Å²) < 4.78 is 26.4. The second-order valence-electron chi connectivity index (χ2n) is 4.31. The van der Waals surface area contributed by atoms with E-state index in [1.54, 1.807) is 0 Å². The van der Waals surface area contributed by atoms with Crippen LogP contribution in [0.25, 0.3) is 0 Å². The standard InChI is InChI=1S/C10H11F2NO2S/c1-5(2)7-13-3-6(16-7)9(8(14)15)4-10(9,11)12/h3,5H,4H2,1-2H3,(H,14,15). The van der Waals surface area contributed by atoms with E-state index in [2.05, 4.69) is 4.98 Å². The van der Waals surface area contributed by atoms with Crippen LogP contribution in [0.2, 0.25) is 0 Å². The molecule has 1 heterocycles. The minimum atomic E-state index is -3.14. The lowest BCUT2D eigenvalue weighted by atomic mass is 10.1. The minimum absolute atomic E-state index is 0.122. The van der Waals surface area contributed by atoms with Gasteiger partial charge in [0.2, 0.25) is 0 Å². The Morgan fingerprint density at radius 2 is 2.19 bits per heavy atom. The number of aromatic nitrogens is 1. The first-order valence-electron chi connectivity index (χ1n) is 4.88. The monoisotopic (exact) mass is 247 g/mol. The highest BCUT2D eigenvalue weighted by atomic mass is 32.1. The molecule has 0 aliphatic heterocycles. The van der Waals surface area contributed by atoms with Gasteiger partial charge in [0.15, 0.2) is 5.41 Å². The molecule has 0 saturated heterocycles. The van der Waals surface area contributed by atoms with Crippen molar-refractivity contribution in [2.45, 2.75) is 37.5 Å². The smallest absolute Gasteiger partial charge is 0.321 e. The summed E-state index contributed by atoms with van der Waals surface area (Å²) in [4.78, 5) is 15.1. The molecular weight excluding hydrogens is 236 g/mol. The molecule has 0 aromatic carbocycles. The number of carboxylic acid groups (broad SMARTS) is 1. The predicted molar refractivity (Wildman–Crippen MR) is 55.1 cm³/mol. The van der Waals surface area contributed by atoms with E-state index in [9.17, 15) is 13.6 Å². The second-order valence-corrected chi connectivity index (χ2v) is 5.37. The van der Waals surface area contributed by atoms with Gasteiger partial charge in [0.05, 0.1) is 5.01 Å². The van der Waals surface area contributed by atoms with E-state index in [-0.39, 0.29) is 10.8 Å². The highest BCUT2D eigenvalue weighted by Crippen LogP contribution is 2.62. The van der Waals surface area contributed by atoms with Crippen molar-refractivity contribution in [1.82, 2.24) is 4.98 Å². The maximum absolute atomic E-state index is 13.2. The van der Waals surface area contributed by atoms with Gasteiger partial charge >= 0.3 is 5.97 Å². The number of carboxylic acids is 1. The molecule has 1 unspecified atom stereocenters. The third-order valence-corrected chi connectivity index (χ3v) is 4.25. The van der Waals surface area contributed by atoms with Crippen molar-refractivity contribution in [1.29, 1.82) is 0 Å². The number of carbonyl (C=O) groups is 1. The number of hydrogen-bond acceptors (Lipinski definition) is 3. The molecule has 16 heavy (non-hydrogen) atoms. The number of alkyl halides is 2. The molecule has 88 valence electrons. The average Bonchev–Trinajstić information content (AvgIpc) is 2.61. The summed E-state index contributed by atoms with van der Waals surface area (Å²) in [6.07, 6.45) is 0.657. The molecule has 1 aliphatic rings. The van der Waals surface area contributed by atoms with Gasteiger partial charge in [0.1, 0.15) is 0 Å². The van der Waals surface area contributed by atoms with E-state index >= 15 is 0 Å². The van der Waals surface area contributed by atoms with Crippen LogP contribution in [0.15, 0.2) is 6.20 Å². The fourth-order valence-electron chi connectivity index (χ4n) is 1.65. The van der Waals surface area contributed by atoms with Crippen LogP contribution in [-0.4, -0.2) is 22.0 Å². The molecule has 6 heteroatoms. The normalized spacial score (nSPS) is 27.1. The summed E-state index contributed by atoms with van der Waals surface area (Å²) in [7, 11) is 0. The van der Waals surface area contributed by atoms with Gasteiger partial charge in [-0.2, -0.15) is 0 Å². The molecule has 1 aromatic rings. The Balaban J connectivity index is 2.40. The maximum atomic E-state index is 13.2. The number of rotatable bonds is 3. The van der Waals surface area contributed by atoms with E-state index in [4.69, 9.17) is 5.11 Å². The Bertz CT molecular complexity index is 444. The van der Waals surface area contributed by atoms with E-state index in [1.165, 1.54) is 6.20 Å². The van der Waals surface area contributed by atoms with Gasteiger partial charge in [-0.15, -0.1) is 11.3 Å². The number of hydrogen-bond donors (Lipinski definition) is 1. The van der Waals surface area contributed by atoms with Crippen LogP contribution in [0.1, 0.15) is 36.1 Å². The van der Waals surface area contributed by atoms with Gasteiger partial charge in [0, 0.05) is 23.4 Å². The van der Waals surface area contributed by atoms with Crippen molar-refractivity contribution < 1.29 is 18.7 Å². The summed E-state index contributed by atoms with van der Waals surface area (Å²) in [5.41, 5.74) is -2.02. The van der Waals surface area contributed by atoms with Crippen LogP contribution in [-0.2, 0) is 10.2 Å². The minimum Gasteiger partial charge on any atom is -0.480 e. The highest BCUT2D eigenvalue weighted by molar-refractivity contribution is 7.12. The van der Waals surface area contributed by atoms with E-state index in [1.807, 2.05) is 13.8 Å². The Kier molecular flexibility index (Phi) is 2.31. The van der Waals surface area contributed by atoms with E-state index in [0.29, 0.717) is 5.01 Å². The van der Waals surface area contributed by atoms with Crippen LogP contribution in [0.4, 0.5) is 8.78 Å². The van der Waals surface area contributed by atoms with Crippen molar-refractivity contribution in [3.8, 4) is 0 Å². The van der Waals surface area contributed by atoms with Crippen molar-refractivity contribution >= 4 is 17.3 Å². The molecule has 1 fully saturated rings. The third kappa shape index (κ3) is 1.36. The van der Waals surface area contributed by atoms with Gasteiger partial charge in [0.25, 0.3) is 5.92 Å². The zero-order chi connectivity index (χ0) is 12.1. The Labute approximate surface area is 95.1 Å². The fourth-order valence-corrected chi connectivity index (χ4v) is 2.80. The Morgan fingerprint density at radius 1 is 1.62 bits per heavy atom. The SMILES string of the molecule is CC(C)c1ncc(C2(C(=O)O)CC2(F)F)s1. The molecule has 0 spiro atoms. The first-order valence-corrected chi connectivity index (χ1v) is 5.70. The maximum Gasteiger partial charge on any atom is 0.321 e. The molecule has 1 N–H and O–H groups in total. The van der Waals surface area contributed by atoms with E-state index < -0.39 is 23.7 Å².